The highest BCUT2D eigenvalue weighted by Crippen LogP contribution is 2.23. The maximum absolute atomic E-state index is 12.0. The van der Waals surface area contributed by atoms with Crippen molar-refractivity contribution >= 4 is 0 Å². The first-order valence-electron chi connectivity index (χ1n) is 6.14. The number of halogens is 3. The Bertz CT molecular complexity index is 204. The molecule has 1 atom stereocenters. The number of rotatable bonds is 8. The zero-order valence-corrected chi connectivity index (χ0v) is 10.9. The number of hydrogen-bond donors (Lipinski definition) is 2. The van der Waals surface area contributed by atoms with E-state index < -0.39 is 18.8 Å². The Labute approximate surface area is 102 Å². The van der Waals surface area contributed by atoms with Crippen LogP contribution in [-0.4, -0.2) is 30.5 Å². The van der Waals surface area contributed by atoms with E-state index in [0.29, 0.717) is 6.54 Å². The van der Waals surface area contributed by atoms with Crippen molar-refractivity contribution in [1.29, 1.82) is 0 Å². The molecule has 0 bridgehead atoms. The average Bonchev–Trinajstić information content (AvgIpc) is 2.16. The summed E-state index contributed by atoms with van der Waals surface area (Å²) in [7, 11) is 0. The van der Waals surface area contributed by atoms with Crippen LogP contribution in [-0.2, 0) is 0 Å². The van der Waals surface area contributed by atoms with Crippen LogP contribution in [0, 0.1) is 5.41 Å². The first-order valence-corrected chi connectivity index (χ1v) is 6.14. The van der Waals surface area contributed by atoms with Crippen molar-refractivity contribution in [3.8, 4) is 0 Å². The maximum atomic E-state index is 12.0. The highest BCUT2D eigenvalue weighted by Gasteiger charge is 2.37. The van der Waals surface area contributed by atoms with Crippen molar-refractivity contribution in [3.63, 3.8) is 0 Å². The molecule has 0 aromatic rings. The van der Waals surface area contributed by atoms with Gasteiger partial charge < -0.3 is 10.4 Å². The van der Waals surface area contributed by atoms with Crippen molar-refractivity contribution in [1.82, 2.24) is 5.32 Å². The number of aliphatic hydroxyl groups excluding tert-OH is 1. The molecule has 0 spiro atoms. The van der Waals surface area contributed by atoms with E-state index in [4.69, 9.17) is 5.11 Å². The number of nitrogens with one attached hydrogen (secondary N) is 1. The molecule has 0 aromatic heterocycles. The first-order chi connectivity index (χ1) is 7.69. The molecule has 5 heteroatoms. The molecule has 0 aromatic carbocycles. The van der Waals surface area contributed by atoms with Gasteiger partial charge in [0.1, 0.15) is 0 Å². The van der Waals surface area contributed by atoms with E-state index in [-0.39, 0.29) is 5.41 Å². The lowest BCUT2D eigenvalue weighted by Gasteiger charge is -2.26. The van der Waals surface area contributed by atoms with Gasteiger partial charge >= 0.3 is 6.18 Å². The number of aliphatic hydroxyl groups is 1. The van der Waals surface area contributed by atoms with Crippen LogP contribution in [0.4, 0.5) is 13.2 Å². The van der Waals surface area contributed by atoms with Crippen LogP contribution in [0.2, 0.25) is 0 Å². The lowest BCUT2D eigenvalue weighted by molar-refractivity contribution is -0.202. The van der Waals surface area contributed by atoms with Crippen LogP contribution in [0.3, 0.4) is 0 Å². The SMILES string of the molecule is CCCCCC(C)(C)CNCC(O)C(F)(F)F. The minimum absolute atomic E-state index is 0.0273. The number of alkyl halides is 3. The van der Waals surface area contributed by atoms with Crippen molar-refractivity contribution in [2.24, 2.45) is 5.41 Å². The molecular weight excluding hydrogens is 231 g/mol. The summed E-state index contributed by atoms with van der Waals surface area (Å²) in [5.41, 5.74) is -0.0273. The van der Waals surface area contributed by atoms with Crippen LogP contribution < -0.4 is 5.32 Å². The van der Waals surface area contributed by atoms with Gasteiger partial charge in [0.05, 0.1) is 0 Å². The number of hydrogen-bond acceptors (Lipinski definition) is 2. The summed E-state index contributed by atoms with van der Waals surface area (Å²) < 4.78 is 36.1. The Kier molecular flexibility index (Phi) is 7.09. The summed E-state index contributed by atoms with van der Waals surface area (Å²) in [6.07, 6.45) is -2.44. The molecule has 0 aliphatic rings. The molecule has 2 N–H and O–H groups in total. The molecule has 0 aliphatic carbocycles. The van der Waals surface area contributed by atoms with Gasteiger partial charge in [0.25, 0.3) is 0 Å². The molecule has 17 heavy (non-hydrogen) atoms. The molecule has 1 unspecified atom stereocenters. The van der Waals surface area contributed by atoms with Crippen molar-refractivity contribution < 1.29 is 18.3 Å². The Morgan fingerprint density at radius 1 is 1.18 bits per heavy atom. The molecular formula is C12H24F3NO. The average molecular weight is 255 g/mol. The third-order valence-electron chi connectivity index (χ3n) is 2.78. The zero-order chi connectivity index (χ0) is 13.5. The first kappa shape index (κ1) is 16.7. The van der Waals surface area contributed by atoms with E-state index in [0.717, 1.165) is 25.7 Å². The summed E-state index contributed by atoms with van der Waals surface area (Å²) in [5, 5.41) is 11.5. The van der Waals surface area contributed by atoms with Crippen LogP contribution in [0.5, 0.6) is 0 Å². The van der Waals surface area contributed by atoms with Crippen molar-refractivity contribution in [2.75, 3.05) is 13.1 Å². The minimum atomic E-state index is -4.53. The quantitative estimate of drug-likeness (QED) is 0.653. The van der Waals surface area contributed by atoms with E-state index >= 15 is 0 Å². The molecule has 0 heterocycles. The highest BCUT2D eigenvalue weighted by atomic mass is 19.4. The molecule has 0 amide bonds. The smallest absolute Gasteiger partial charge is 0.382 e. The van der Waals surface area contributed by atoms with E-state index in [1.807, 2.05) is 13.8 Å². The summed E-state index contributed by atoms with van der Waals surface area (Å²) in [6, 6.07) is 0. The van der Waals surface area contributed by atoms with Crippen LogP contribution in [0.1, 0.15) is 46.5 Å². The fraction of sp³-hybridized carbons (Fsp3) is 1.00. The lowest BCUT2D eigenvalue weighted by atomic mass is 9.87. The fourth-order valence-corrected chi connectivity index (χ4v) is 1.60. The van der Waals surface area contributed by atoms with Gasteiger partial charge in [0, 0.05) is 13.1 Å². The molecule has 0 fully saturated rings. The Hall–Kier alpha value is -0.290. The van der Waals surface area contributed by atoms with E-state index in [1.54, 1.807) is 0 Å². The van der Waals surface area contributed by atoms with Gasteiger partial charge in [-0.05, 0) is 11.8 Å². The normalized spacial score (nSPS) is 15.0. The van der Waals surface area contributed by atoms with Crippen LogP contribution in [0.25, 0.3) is 0 Å². The Balaban J connectivity index is 3.79. The van der Waals surface area contributed by atoms with Crippen molar-refractivity contribution in [3.05, 3.63) is 0 Å². The predicted molar refractivity (Wildman–Crippen MR) is 62.9 cm³/mol. The van der Waals surface area contributed by atoms with Crippen LogP contribution >= 0.6 is 0 Å². The van der Waals surface area contributed by atoms with Crippen molar-refractivity contribution in [2.45, 2.75) is 58.7 Å². The molecule has 0 saturated heterocycles. The second-order valence-corrected chi connectivity index (χ2v) is 5.31. The van der Waals surface area contributed by atoms with E-state index in [2.05, 4.69) is 12.2 Å². The van der Waals surface area contributed by atoms with Gasteiger partial charge in [0.2, 0.25) is 0 Å². The largest absolute Gasteiger partial charge is 0.415 e. The lowest BCUT2D eigenvalue weighted by Crippen LogP contribution is -2.41. The second kappa shape index (κ2) is 7.21. The van der Waals surface area contributed by atoms with Gasteiger partial charge in [-0.1, -0.05) is 40.0 Å². The molecule has 0 aliphatic heterocycles. The van der Waals surface area contributed by atoms with Gasteiger partial charge in [-0.25, -0.2) is 0 Å². The third-order valence-corrected chi connectivity index (χ3v) is 2.78. The van der Waals surface area contributed by atoms with Gasteiger partial charge in [0.15, 0.2) is 6.10 Å². The number of unbranched alkanes of at least 4 members (excludes halogenated alkanes) is 2. The van der Waals surface area contributed by atoms with Gasteiger partial charge in [-0.2, -0.15) is 13.2 Å². The molecule has 0 radical (unpaired) electrons. The Morgan fingerprint density at radius 2 is 1.76 bits per heavy atom. The molecule has 0 rings (SSSR count). The standard InChI is InChI=1S/C12H24F3NO/c1-4-5-6-7-11(2,3)9-16-8-10(17)12(13,14)15/h10,16-17H,4-9H2,1-3H3. The van der Waals surface area contributed by atoms with Crippen LogP contribution in [0.15, 0.2) is 0 Å². The summed E-state index contributed by atoms with van der Waals surface area (Å²) in [4.78, 5) is 0. The molecule has 2 nitrogen and oxygen atoms in total. The monoisotopic (exact) mass is 255 g/mol. The predicted octanol–water partition coefficient (Wildman–Crippen LogP) is 3.11. The fourth-order valence-electron chi connectivity index (χ4n) is 1.60. The topological polar surface area (TPSA) is 32.3 Å². The summed E-state index contributed by atoms with van der Waals surface area (Å²) >= 11 is 0. The third kappa shape index (κ3) is 8.44. The minimum Gasteiger partial charge on any atom is -0.382 e. The zero-order valence-electron chi connectivity index (χ0n) is 10.9. The molecule has 0 saturated carbocycles. The van der Waals surface area contributed by atoms with E-state index in [1.165, 1.54) is 0 Å². The maximum Gasteiger partial charge on any atom is 0.415 e. The molecule has 104 valence electrons. The van der Waals surface area contributed by atoms with E-state index in [9.17, 15) is 13.2 Å². The van der Waals surface area contributed by atoms with Gasteiger partial charge in [-0.15, -0.1) is 0 Å². The summed E-state index contributed by atoms with van der Waals surface area (Å²) in [5.74, 6) is 0. The highest BCUT2D eigenvalue weighted by molar-refractivity contribution is 4.74. The Morgan fingerprint density at radius 3 is 2.24 bits per heavy atom. The second-order valence-electron chi connectivity index (χ2n) is 5.31. The summed E-state index contributed by atoms with van der Waals surface area (Å²) in [6.45, 7) is 6.22. The van der Waals surface area contributed by atoms with Gasteiger partial charge in [-0.3, -0.25) is 0 Å².